The van der Waals surface area contributed by atoms with Crippen LogP contribution in [0.25, 0.3) is 0 Å². The Hall–Kier alpha value is -3.42. The fraction of sp³-hybridized carbons (Fsp3) is 0.176. The second-order valence-electron chi connectivity index (χ2n) is 5.40. The first kappa shape index (κ1) is 17.9. The van der Waals surface area contributed by atoms with Gasteiger partial charge in [-0.05, 0) is 23.8 Å². The van der Waals surface area contributed by atoms with Crippen LogP contribution in [-0.2, 0) is 4.79 Å². The van der Waals surface area contributed by atoms with E-state index in [1.54, 1.807) is 12.3 Å². The molecule has 0 unspecified atom stereocenters. The lowest BCUT2D eigenvalue weighted by molar-refractivity contribution is -0.383. The molecule has 0 aliphatic rings. The molecule has 0 spiro atoms. The third-order valence-corrected chi connectivity index (χ3v) is 3.33. The molecule has 0 heterocycles. The Morgan fingerprint density at radius 1 is 1.20 bits per heavy atom. The zero-order valence-electron chi connectivity index (χ0n) is 14.0. The summed E-state index contributed by atoms with van der Waals surface area (Å²) in [6, 6.07) is 13.7. The Morgan fingerprint density at radius 3 is 2.52 bits per heavy atom. The van der Waals surface area contributed by atoms with E-state index < -0.39 is 10.8 Å². The Labute approximate surface area is 145 Å². The number of nitro benzene ring substituents is 1. The minimum Gasteiger partial charge on any atom is -0.378 e. The summed E-state index contributed by atoms with van der Waals surface area (Å²) >= 11 is 0. The van der Waals surface area contributed by atoms with E-state index in [2.05, 4.69) is 15.8 Å². The van der Waals surface area contributed by atoms with Crippen molar-refractivity contribution in [1.29, 1.82) is 0 Å². The van der Waals surface area contributed by atoms with Crippen LogP contribution >= 0.6 is 0 Å². The highest BCUT2D eigenvalue weighted by Crippen LogP contribution is 2.22. The molecule has 0 radical (unpaired) electrons. The molecule has 0 aliphatic carbocycles. The zero-order chi connectivity index (χ0) is 18.2. The largest absolute Gasteiger partial charge is 0.378 e. The number of hydrogen-bond acceptors (Lipinski definition) is 6. The Kier molecular flexibility index (Phi) is 6.05. The average molecular weight is 341 g/mol. The van der Waals surface area contributed by atoms with Crippen molar-refractivity contribution in [2.75, 3.05) is 30.9 Å². The van der Waals surface area contributed by atoms with Gasteiger partial charge in [0.25, 0.3) is 5.69 Å². The van der Waals surface area contributed by atoms with E-state index in [4.69, 9.17) is 0 Å². The van der Waals surface area contributed by atoms with Crippen LogP contribution in [0, 0.1) is 10.1 Å². The van der Waals surface area contributed by atoms with Crippen molar-refractivity contribution in [3.05, 3.63) is 64.2 Å². The zero-order valence-corrected chi connectivity index (χ0v) is 14.0. The number of carbonyl (C=O) groups is 1. The van der Waals surface area contributed by atoms with Crippen LogP contribution in [0.2, 0.25) is 0 Å². The van der Waals surface area contributed by atoms with E-state index in [-0.39, 0.29) is 17.9 Å². The normalized spacial score (nSPS) is 10.5. The molecule has 130 valence electrons. The Bertz CT molecular complexity index is 772. The van der Waals surface area contributed by atoms with E-state index in [1.807, 2.05) is 43.3 Å². The summed E-state index contributed by atoms with van der Waals surface area (Å²) in [6.45, 7) is -0.0989. The number of amides is 1. The molecular formula is C17H19N5O3. The number of benzene rings is 2. The lowest BCUT2D eigenvalue weighted by atomic mass is 10.2. The highest BCUT2D eigenvalue weighted by atomic mass is 16.6. The van der Waals surface area contributed by atoms with Crippen LogP contribution in [-0.4, -0.2) is 37.7 Å². The molecule has 0 saturated carbocycles. The standard InChI is InChI=1S/C17H19N5O3/c1-21(2)14-9-7-13(8-10-14)11-18-19-12-17(23)20-15-5-3-4-6-16(15)22(24)25/h3-11,19H,12H2,1-2H3,(H,20,23)/b18-11+. The molecule has 2 N–H and O–H groups in total. The van der Waals surface area contributed by atoms with Crippen LogP contribution in [0.15, 0.2) is 53.6 Å². The molecule has 0 bridgehead atoms. The summed E-state index contributed by atoms with van der Waals surface area (Å²) in [5.74, 6) is -0.422. The van der Waals surface area contributed by atoms with Crippen molar-refractivity contribution in [3.8, 4) is 0 Å². The third-order valence-electron chi connectivity index (χ3n) is 3.33. The number of nitro groups is 1. The first-order valence-electron chi connectivity index (χ1n) is 7.54. The fourth-order valence-electron chi connectivity index (χ4n) is 2.03. The van der Waals surface area contributed by atoms with Crippen molar-refractivity contribution in [3.63, 3.8) is 0 Å². The van der Waals surface area contributed by atoms with Crippen LogP contribution in [0.5, 0.6) is 0 Å². The molecule has 0 atom stereocenters. The summed E-state index contributed by atoms with van der Waals surface area (Å²) in [6.07, 6.45) is 1.59. The van der Waals surface area contributed by atoms with Gasteiger partial charge in [0.1, 0.15) is 12.2 Å². The van der Waals surface area contributed by atoms with Gasteiger partial charge >= 0.3 is 0 Å². The SMILES string of the molecule is CN(C)c1ccc(/C=N/NCC(=O)Nc2ccccc2[N+](=O)[O-])cc1. The van der Waals surface area contributed by atoms with Gasteiger partial charge < -0.3 is 15.6 Å². The maximum absolute atomic E-state index is 11.8. The number of hydrogen-bond donors (Lipinski definition) is 2. The van der Waals surface area contributed by atoms with Crippen LogP contribution in [0.1, 0.15) is 5.56 Å². The highest BCUT2D eigenvalue weighted by molar-refractivity contribution is 5.94. The summed E-state index contributed by atoms with van der Waals surface area (Å²) in [5.41, 5.74) is 4.58. The van der Waals surface area contributed by atoms with E-state index in [1.165, 1.54) is 18.2 Å². The lowest BCUT2D eigenvalue weighted by Crippen LogP contribution is -2.25. The Balaban J connectivity index is 1.85. The number of nitrogens with zero attached hydrogens (tertiary/aromatic N) is 3. The molecule has 8 nitrogen and oxygen atoms in total. The number of hydrazone groups is 1. The minimum atomic E-state index is -0.543. The topological polar surface area (TPSA) is 99.9 Å². The number of anilines is 2. The monoisotopic (exact) mass is 341 g/mol. The summed E-state index contributed by atoms with van der Waals surface area (Å²) in [7, 11) is 3.92. The van der Waals surface area contributed by atoms with Crippen LogP contribution in [0.4, 0.5) is 17.1 Å². The van der Waals surface area contributed by atoms with Crippen molar-refractivity contribution in [2.24, 2.45) is 5.10 Å². The molecular weight excluding hydrogens is 322 g/mol. The van der Waals surface area contributed by atoms with Crippen molar-refractivity contribution >= 4 is 29.2 Å². The van der Waals surface area contributed by atoms with Gasteiger partial charge in [-0.15, -0.1) is 0 Å². The van der Waals surface area contributed by atoms with E-state index >= 15 is 0 Å². The first-order valence-corrected chi connectivity index (χ1v) is 7.54. The molecule has 0 aliphatic heterocycles. The molecule has 0 saturated heterocycles. The quantitative estimate of drug-likeness (QED) is 0.457. The average Bonchev–Trinajstić information content (AvgIpc) is 2.59. The molecule has 0 aromatic heterocycles. The number of nitrogens with one attached hydrogen (secondary N) is 2. The van der Waals surface area contributed by atoms with Crippen LogP contribution in [0.3, 0.4) is 0 Å². The molecule has 0 fully saturated rings. The fourth-order valence-corrected chi connectivity index (χ4v) is 2.03. The minimum absolute atomic E-state index is 0.0989. The van der Waals surface area contributed by atoms with Gasteiger partial charge in [-0.2, -0.15) is 5.10 Å². The Morgan fingerprint density at radius 2 is 1.88 bits per heavy atom. The predicted octanol–water partition coefficient (Wildman–Crippen LogP) is 2.22. The number of rotatable bonds is 7. The summed E-state index contributed by atoms with van der Waals surface area (Å²) < 4.78 is 0. The number of para-hydroxylation sites is 2. The maximum atomic E-state index is 11.8. The van der Waals surface area contributed by atoms with Crippen molar-refractivity contribution < 1.29 is 9.72 Å². The second-order valence-corrected chi connectivity index (χ2v) is 5.40. The molecule has 2 aromatic rings. The van der Waals surface area contributed by atoms with E-state index in [0.717, 1.165) is 11.3 Å². The van der Waals surface area contributed by atoms with Crippen molar-refractivity contribution in [2.45, 2.75) is 0 Å². The molecule has 8 heteroatoms. The first-order chi connectivity index (χ1) is 12.0. The van der Waals surface area contributed by atoms with Crippen LogP contribution < -0.4 is 15.6 Å². The molecule has 25 heavy (non-hydrogen) atoms. The van der Waals surface area contributed by atoms with E-state index in [0.29, 0.717) is 0 Å². The van der Waals surface area contributed by atoms with Gasteiger partial charge in [-0.1, -0.05) is 24.3 Å². The smallest absolute Gasteiger partial charge is 0.292 e. The van der Waals surface area contributed by atoms with Crippen molar-refractivity contribution in [1.82, 2.24) is 5.43 Å². The predicted molar refractivity (Wildman–Crippen MR) is 98.1 cm³/mol. The molecule has 2 aromatic carbocycles. The van der Waals surface area contributed by atoms with Gasteiger partial charge in [0.15, 0.2) is 0 Å². The van der Waals surface area contributed by atoms with Gasteiger partial charge in [-0.3, -0.25) is 14.9 Å². The second kappa shape index (κ2) is 8.44. The summed E-state index contributed by atoms with van der Waals surface area (Å²) in [5, 5.41) is 17.4. The third kappa shape index (κ3) is 5.31. The van der Waals surface area contributed by atoms with Gasteiger partial charge in [-0.25, -0.2) is 0 Å². The molecule has 2 rings (SSSR count). The van der Waals surface area contributed by atoms with Gasteiger partial charge in [0.05, 0.1) is 11.1 Å². The highest BCUT2D eigenvalue weighted by Gasteiger charge is 2.14. The van der Waals surface area contributed by atoms with E-state index in [9.17, 15) is 14.9 Å². The molecule has 1 amide bonds. The lowest BCUT2D eigenvalue weighted by Gasteiger charge is -2.11. The summed E-state index contributed by atoms with van der Waals surface area (Å²) in [4.78, 5) is 24.2. The van der Waals surface area contributed by atoms with Gasteiger partial charge in [0.2, 0.25) is 5.91 Å². The maximum Gasteiger partial charge on any atom is 0.292 e. The number of carbonyl (C=O) groups excluding carboxylic acids is 1. The van der Waals surface area contributed by atoms with Gasteiger partial charge in [0, 0.05) is 25.8 Å².